The van der Waals surface area contributed by atoms with Crippen molar-refractivity contribution in [2.75, 3.05) is 0 Å². The standard InChI is InChI=1S/C11H13NO2/c1-9(14)5-10-3-2-4-11(6-10)7-12-8-13/h2-4,6,9,14H,5,7H2,1H3. The fourth-order valence-electron chi connectivity index (χ4n) is 1.32. The van der Waals surface area contributed by atoms with Gasteiger partial charge in [-0.05, 0) is 24.5 Å². The number of isocyanates is 1. The molecule has 0 spiro atoms. The Hall–Kier alpha value is -1.44. The van der Waals surface area contributed by atoms with Crippen molar-refractivity contribution in [3.05, 3.63) is 35.4 Å². The van der Waals surface area contributed by atoms with Crippen molar-refractivity contribution in [1.82, 2.24) is 0 Å². The van der Waals surface area contributed by atoms with Gasteiger partial charge in [-0.25, -0.2) is 9.79 Å². The highest BCUT2D eigenvalue weighted by Gasteiger charge is 1.99. The summed E-state index contributed by atoms with van der Waals surface area (Å²) in [5.74, 6) is 0. The molecule has 0 saturated heterocycles. The van der Waals surface area contributed by atoms with Crippen molar-refractivity contribution in [3.63, 3.8) is 0 Å². The molecule has 0 aromatic heterocycles. The van der Waals surface area contributed by atoms with Crippen LogP contribution in [0.4, 0.5) is 0 Å². The summed E-state index contributed by atoms with van der Waals surface area (Å²) < 4.78 is 0. The molecular weight excluding hydrogens is 178 g/mol. The average molecular weight is 191 g/mol. The lowest BCUT2D eigenvalue weighted by molar-refractivity contribution is 0.195. The third-order valence-electron chi connectivity index (χ3n) is 1.85. The van der Waals surface area contributed by atoms with Crippen LogP contribution in [0.25, 0.3) is 0 Å². The molecule has 0 amide bonds. The van der Waals surface area contributed by atoms with Crippen molar-refractivity contribution >= 4 is 6.08 Å². The molecule has 0 radical (unpaired) electrons. The molecule has 0 heterocycles. The molecule has 1 unspecified atom stereocenters. The van der Waals surface area contributed by atoms with E-state index in [2.05, 4.69) is 4.99 Å². The second-order valence-corrected chi connectivity index (χ2v) is 3.28. The summed E-state index contributed by atoms with van der Waals surface area (Å²) >= 11 is 0. The van der Waals surface area contributed by atoms with Gasteiger partial charge in [0.05, 0.1) is 12.6 Å². The zero-order valence-corrected chi connectivity index (χ0v) is 8.10. The van der Waals surface area contributed by atoms with Gasteiger partial charge in [0.15, 0.2) is 0 Å². The Balaban J connectivity index is 2.73. The summed E-state index contributed by atoms with van der Waals surface area (Å²) in [5, 5.41) is 9.19. The molecule has 0 saturated carbocycles. The van der Waals surface area contributed by atoms with Gasteiger partial charge in [0.25, 0.3) is 0 Å². The Morgan fingerprint density at radius 2 is 2.21 bits per heavy atom. The average Bonchev–Trinajstić information content (AvgIpc) is 2.14. The molecule has 1 rings (SSSR count). The molecule has 14 heavy (non-hydrogen) atoms. The predicted octanol–water partition coefficient (Wildman–Crippen LogP) is 1.45. The van der Waals surface area contributed by atoms with Gasteiger partial charge < -0.3 is 5.11 Å². The van der Waals surface area contributed by atoms with Gasteiger partial charge in [0.1, 0.15) is 0 Å². The maximum atomic E-state index is 9.91. The molecule has 74 valence electrons. The molecule has 0 aliphatic carbocycles. The van der Waals surface area contributed by atoms with Crippen molar-refractivity contribution in [3.8, 4) is 0 Å². The number of nitrogens with zero attached hydrogens (tertiary/aromatic N) is 1. The Bertz CT molecular complexity index is 341. The van der Waals surface area contributed by atoms with Crippen LogP contribution in [0, 0.1) is 0 Å². The summed E-state index contributed by atoms with van der Waals surface area (Å²) in [6.45, 7) is 2.10. The Morgan fingerprint density at radius 1 is 1.50 bits per heavy atom. The molecule has 0 aliphatic heterocycles. The number of rotatable bonds is 4. The molecule has 0 bridgehead atoms. The summed E-state index contributed by atoms with van der Waals surface area (Å²) in [7, 11) is 0. The van der Waals surface area contributed by atoms with Crippen LogP contribution in [0.5, 0.6) is 0 Å². The lowest BCUT2D eigenvalue weighted by atomic mass is 10.1. The van der Waals surface area contributed by atoms with Crippen LogP contribution in [0.15, 0.2) is 29.3 Å². The van der Waals surface area contributed by atoms with Gasteiger partial charge in [-0.3, -0.25) is 0 Å². The fraction of sp³-hybridized carbons (Fsp3) is 0.364. The molecule has 1 aromatic rings. The normalized spacial score (nSPS) is 11.9. The van der Waals surface area contributed by atoms with Crippen LogP contribution in [0.3, 0.4) is 0 Å². The largest absolute Gasteiger partial charge is 0.393 e. The van der Waals surface area contributed by atoms with Crippen LogP contribution in [-0.2, 0) is 17.8 Å². The molecular formula is C11H13NO2. The monoisotopic (exact) mass is 191 g/mol. The fourth-order valence-corrected chi connectivity index (χ4v) is 1.32. The first-order valence-corrected chi connectivity index (χ1v) is 4.52. The lowest BCUT2D eigenvalue weighted by Crippen LogP contribution is -2.04. The van der Waals surface area contributed by atoms with E-state index in [9.17, 15) is 9.90 Å². The number of benzene rings is 1. The van der Waals surface area contributed by atoms with E-state index < -0.39 is 0 Å². The first kappa shape index (κ1) is 10.6. The summed E-state index contributed by atoms with van der Waals surface area (Å²) in [6, 6.07) is 7.67. The van der Waals surface area contributed by atoms with Gasteiger partial charge in [-0.1, -0.05) is 24.3 Å². The van der Waals surface area contributed by atoms with Crippen LogP contribution in [0.1, 0.15) is 18.1 Å². The maximum absolute atomic E-state index is 9.91. The number of aliphatic hydroxyl groups excluding tert-OH is 1. The van der Waals surface area contributed by atoms with E-state index in [-0.39, 0.29) is 6.10 Å². The lowest BCUT2D eigenvalue weighted by Gasteiger charge is -2.05. The minimum atomic E-state index is -0.347. The highest BCUT2D eigenvalue weighted by Crippen LogP contribution is 2.08. The Kier molecular flexibility index (Phi) is 4.05. The summed E-state index contributed by atoms with van der Waals surface area (Å²) in [5.41, 5.74) is 2.02. The van der Waals surface area contributed by atoms with Crippen molar-refractivity contribution in [2.45, 2.75) is 26.0 Å². The van der Waals surface area contributed by atoms with E-state index >= 15 is 0 Å². The Labute approximate surface area is 83.1 Å². The molecule has 3 heteroatoms. The minimum Gasteiger partial charge on any atom is -0.393 e. The number of hydrogen-bond acceptors (Lipinski definition) is 3. The Morgan fingerprint density at radius 3 is 2.86 bits per heavy atom. The third-order valence-corrected chi connectivity index (χ3v) is 1.85. The van der Waals surface area contributed by atoms with Crippen LogP contribution in [0.2, 0.25) is 0 Å². The van der Waals surface area contributed by atoms with Crippen LogP contribution in [-0.4, -0.2) is 17.3 Å². The first-order chi connectivity index (χ1) is 6.72. The minimum absolute atomic E-state index is 0.347. The van der Waals surface area contributed by atoms with Gasteiger partial charge in [-0.2, -0.15) is 0 Å². The zero-order chi connectivity index (χ0) is 10.4. The highest BCUT2D eigenvalue weighted by atomic mass is 16.3. The molecule has 0 aliphatic rings. The van der Waals surface area contributed by atoms with Gasteiger partial charge >= 0.3 is 0 Å². The molecule has 1 aromatic carbocycles. The zero-order valence-electron chi connectivity index (χ0n) is 8.10. The highest BCUT2D eigenvalue weighted by molar-refractivity contribution is 5.34. The van der Waals surface area contributed by atoms with Crippen molar-refractivity contribution < 1.29 is 9.90 Å². The van der Waals surface area contributed by atoms with Crippen molar-refractivity contribution in [2.24, 2.45) is 4.99 Å². The van der Waals surface area contributed by atoms with E-state index in [1.54, 1.807) is 6.92 Å². The molecule has 1 atom stereocenters. The summed E-state index contributed by atoms with van der Waals surface area (Å²) in [6.07, 6.45) is 1.78. The van der Waals surface area contributed by atoms with E-state index in [1.165, 1.54) is 6.08 Å². The van der Waals surface area contributed by atoms with E-state index in [4.69, 9.17) is 0 Å². The molecule has 1 N–H and O–H groups in total. The maximum Gasteiger partial charge on any atom is 0.235 e. The number of aliphatic hydroxyl groups is 1. The topological polar surface area (TPSA) is 49.7 Å². The number of carbonyl (C=O) groups excluding carboxylic acids is 1. The molecule has 3 nitrogen and oxygen atoms in total. The quantitative estimate of drug-likeness (QED) is 0.578. The van der Waals surface area contributed by atoms with Gasteiger partial charge in [-0.15, -0.1) is 0 Å². The van der Waals surface area contributed by atoms with E-state index in [0.717, 1.165) is 11.1 Å². The number of hydrogen-bond donors (Lipinski definition) is 1. The van der Waals surface area contributed by atoms with E-state index in [1.807, 2.05) is 24.3 Å². The van der Waals surface area contributed by atoms with Crippen molar-refractivity contribution in [1.29, 1.82) is 0 Å². The van der Waals surface area contributed by atoms with Crippen LogP contribution < -0.4 is 0 Å². The predicted molar refractivity (Wildman–Crippen MR) is 53.7 cm³/mol. The molecule has 0 fully saturated rings. The number of aliphatic imine (C=N–C) groups is 1. The van der Waals surface area contributed by atoms with Gasteiger partial charge in [0.2, 0.25) is 6.08 Å². The first-order valence-electron chi connectivity index (χ1n) is 4.52. The third kappa shape index (κ3) is 3.52. The second-order valence-electron chi connectivity index (χ2n) is 3.28. The summed E-state index contributed by atoms with van der Waals surface area (Å²) in [4.78, 5) is 13.4. The smallest absolute Gasteiger partial charge is 0.235 e. The van der Waals surface area contributed by atoms with Gasteiger partial charge in [0, 0.05) is 0 Å². The van der Waals surface area contributed by atoms with Crippen LogP contribution >= 0.6 is 0 Å². The second kappa shape index (κ2) is 5.32. The van der Waals surface area contributed by atoms with E-state index in [0.29, 0.717) is 13.0 Å². The SMILES string of the molecule is CC(O)Cc1cccc(CN=C=O)c1.